The van der Waals surface area contributed by atoms with Gasteiger partial charge in [0.15, 0.2) is 0 Å². The van der Waals surface area contributed by atoms with Crippen molar-refractivity contribution in [2.24, 2.45) is 4.99 Å². The Morgan fingerprint density at radius 3 is 2.07 bits per heavy atom. The van der Waals surface area contributed by atoms with Crippen molar-refractivity contribution in [1.29, 1.82) is 0 Å². The van der Waals surface area contributed by atoms with Crippen LogP contribution in [0.3, 0.4) is 0 Å². The predicted octanol–water partition coefficient (Wildman–Crippen LogP) is 6.10. The summed E-state index contributed by atoms with van der Waals surface area (Å²) < 4.78 is 22.4. The highest BCUT2D eigenvalue weighted by molar-refractivity contribution is 5.96. The van der Waals surface area contributed by atoms with Crippen molar-refractivity contribution >= 4 is 11.6 Å². The summed E-state index contributed by atoms with van der Waals surface area (Å²) in [6.07, 6.45) is 1.63. The first-order chi connectivity index (χ1) is 14.6. The Labute approximate surface area is 177 Å². The lowest BCUT2D eigenvalue weighted by molar-refractivity contribution is 0.411. The number of hydrogen-bond donors (Lipinski definition) is 0. The molecule has 0 spiro atoms. The van der Waals surface area contributed by atoms with Gasteiger partial charge in [0.05, 0.1) is 26.2 Å². The van der Waals surface area contributed by atoms with Crippen LogP contribution in [0.5, 0.6) is 23.0 Å². The molecule has 0 fully saturated rings. The maximum atomic E-state index is 6.08. The highest BCUT2D eigenvalue weighted by Gasteiger charge is 2.09. The van der Waals surface area contributed by atoms with Crippen LogP contribution in [-0.4, -0.2) is 20.1 Å². The number of methoxy groups -OCH3 is 2. The van der Waals surface area contributed by atoms with Gasteiger partial charge in [-0.15, -0.1) is 0 Å². The first kappa shape index (κ1) is 21.0. The fourth-order valence-corrected chi connectivity index (χ4v) is 2.57. The largest absolute Gasteiger partial charge is 0.497 e. The fraction of sp³-hybridized carbons (Fsp3) is 0.160. The molecule has 30 heavy (non-hydrogen) atoms. The Bertz CT molecular complexity index is 1020. The molecule has 3 rings (SSSR count). The van der Waals surface area contributed by atoms with E-state index < -0.39 is 0 Å². The summed E-state index contributed by atoms with van der Waals surface area (Å²) in [6, 6.07) is 22.6. The summed E-state index contributed by atoms with van der Waals surface area (Å²) in [5.41, 5.74) is 2.64. The van der Waals surface area contributed by atoms with Crippen molar-refractivity contribution in [3.8, 4) is 23.0 Å². The summed E-state index contributed by atoms with van der Waals surface area (Å²) in [6.45, 7) is 3.92. The van der Waals surface area contributed by atoms with E-state index >= 15 is 0 Å². The zero-order valence-corrected chi connectivity index (χ0v) is 17.6. The molecule has 0 radical (unpaired) electrons. The van der Waals surface area contributed by atoms with E-state index in [2.05, 4.69) is 4.99 Å². The van der Waals surface area contributed by atoms with E-state index in [4.69, 9.17) is 18.9 Å². The molecule has 0 heterocycles. The monoisotopic (exact) mass is 403 g/mol. The Balaban J connectivity index is 1.89. The van der Waals surface area contributed by atoms with Crippen LogP contribution in [0.4, 0.5) is 5.69 Å². The molecular formula is C25H25NO4. The first-order valence-electron chi connectivity index (χ1n) is 9.52. The molecule has 0 unspecified atom stereocenters. The number of rotatable bonds is 7. The minimum atomic E-state index is 0.417. The van der Waals surface area contributed by atoms with Gasteiger partial charge in [0, 0.05) is 11.6 Å². The van der Waals surface area contributed by atoms with Gasteiger partial charge >= 0.3 is 0 Å². The van der Waals surface area contributed by atoms with Gasteiger partial charge in [-0.05, 0) is 62.4 Å². The van der Waals surface area contributed by atoms with Gasteiger partial charge in [0.1, 0.15) is 23.0 Å². The SMILES string of the molecule is COc1ccc(/N=C(Oc2cccc(OC)c2)\C(C)=C\Oc2ccc(C)cc2)cc1. The lowest BCUT2D eigenvalue weighted by Gasteiger charge is -2.11. The van der Waals surface area contributed by atoms with E-state index in [0.717, 1.165) is 22.8 Å². The average molecular weight is 403 g/mol. The second kappa shape index (κ2) is 10.2. The minimum Gasteiger partial charge on any atom is -0.497 e. The Kier molecular flexibility index (Phi) is 7.11. The molecule has 0 saturated carbocycles. The zero-order chi connectivity index (χ0) is 21.3. The second-order valence-electron chi connectivity index (χ2n) is 6.63. The molecule has 5 nitrogen and oxygen atoms in total. The highest BCUT2D eigenvalue weighted by Crippen LogP contribution is 2.23. The Hall–Kier alpha value is -3.73. The number of benzene rings is 3. The van der Waals surface area contributed by atoms with Crippen LogP contribution in [0.15, 0.2) is 89.6 Å². The molecule has 0 aliphatic carbocycles. The van der Waals surface area contributed by atoms with Gasteiger partial charge in [0.2, 0.25) is 5.90 Å². The summed E-state index contributed by atoms with van der Waals surface area (Å²) in [7, 11) is 3.25. The van der Waals surface area contributed by atoms with Crippen LogP contribution in [0, 0.1) is 6.92 Å². The van der Waals surface area contributed by atoms with Gasteiger partial charge in [-0.1, -0.05) is 23.8 Å². The minimum absolute atomic E-state index is 0.417. The molecule has 0 atom stereocenters. The standard InChI is InChI=1S/C25H25NO4/c1-18-8-12-22(13-9-18)29-17-19(2)25(26-20-10-14-21(27-3)15-11-20)30-24-7-5-6-23(16-24)28-4/h5-17H,1-4H3/b19-17+,26-25+. The molecule has 3 aromatic rings. The summed E-state index contributed by atoms with van der Waals surface area (Å²) >= 11 is 0. The molecule has 0 aromatic heterocycles. The summed E-state index contributed by atoms with van der Waals surface area (Å²) in [5, 5.41) is 0. The van der Waals surface area contributed by atoms with E-state index in [-0.39, 0.29) is 0 Å². The van der Waals surface area contributed by atoms with Crippen LogP contribution < -0.4 is 18.9 Å². The first-order valence-corrected chi connectivity index (χ1v) is 9.52. The Morgan fingerprint density at radius 1 is 0.767 bits per heavy atom. The lowest BCUT2D eigenvalue weighted by atomic mass is 10.2. The van der Waals surface area contributed by atoms with Crippen LogP contribution in [0.2, 0.25) is 0 Å². The molecule has 0 N–H and O–H groups in total. The van der Waals surface area contributed by atoms with E-state index in [0.29, 0.717) is 17.4 Å². The molecule has 0 aliphatic rings. The molecule has 0 amide bonds. The number of nitrogens with zero attached hydrogens (tertiary/aromatic N) is 1. The van der Waals surface area contributed by atoms with E-state index in [1.807, 2.05) is 80.6 Å². The van der Waals surface area contributed by atoms with Gasteiger partial charge < -0.3 is 18.9 Å². The van der Waals surface area contributed by atoms with Gasteiger partial charge in [0.25, 0.3) is 0 Å². The third kappa shape index (κ3) is 5.88. The number of aryl methyl sites for hydroxylation is 1. The average Bonchev–Trinajstić information content (AvgIpc) is 2.78. The lowest BCUT2D eigenvalue weighted by Crippen LogP contribution is -2.11. The van der Waals surface area contributed by atoms with E-state index in [1.165, 1.54) is 5.56 Å². The highest BCUT2D eigenvalue weighted by atomic mass is 16.5. The molecule has 0 saturated heterocycles. The van der Waals surface area contributed by atoms with Crippen molar-refractivity contribution in [3.05, 3.63) is 90.2 Å². The van der Waals surface area contributed by atoms with Crippen molar-refractivity contribution in [1.82, 2.24) is 0 Å². The quantitative estimate of drug-likeness (QED) is 0.271. The normalized spacial score (nSPS) is 11.7. The fourth-order valence-electron chi connectivity index (χ4n) is 2.57. The van der Waals surface area contributed by atoms with Crippen molar-refractivity contribution in [2.45, 2.75) is 13.8 Å². The van der Waals surface area contributed by atoms with E-state index in [9.17, 15) is 0 Å². The summed E-state index contributed by atoms with van der Waals surface area (Å²) in [5.74, 6) is 3.24. The molecule has 154 valence electrons. The predicted molar refractivity (Wildman–Crippen MR) is 119 cm³/mol. The topological polar surface area (TPSA) is 49.3 Å². The molecule has 0 bridgehead atoms. The zero-order valence-electron chi connectivity index (χ0n) is 17.6. The number of hydrogen-bond acceptors (Lipinski definition) is 5. The van der Waals surface area contributed by atoms with Crippen LogP contribution >= 0.6 is 0 Å². The maximum absolute atomic E-state index is 6.08. The second-order valence-corrected chi connectivity index (χ2v) is 6.63. The number of aliphatic imine (C=N–C) groups is 1. The van der Waals surface area contributed by atoms with Crippen LogP contribution in [0.25, 0.3) is 0 Å². The van der Waals surface area contributed by atoms with Crippen LogP contribution in [-0.2, 0) is 0 Å². The molecule has 3 aromatic carbocycles. The van der Waals surface area contributed by atoms with Crippen LogP contribution in [0.1, 0.15) is 12.5 Å². The Morgan fingerprint density at radius 2 is 1.40 bits per heavy atom. The van der Waals surface area contributed by atoms with Gasteiger partial charge in [-0.3, -0.25) is 0 Å². The molecule has 5 heteroatoms. The smallest absolute Gasteiger partial charge is 0.225 e. The summed E-state index contributed by atoms with van der Waals surface area (Å²) in [4.78, 5) is 4.66. The number of ether oxygens (including phenoxy) is 4. The van der Waals surface area contributed by atoms with Crippen molar-refractivity contribution in [3.63, 3.8) is 0 Å². The third-order valence-electron chi connectivity index (χ3n) is 4.29. The maximum Gasteiger partial charge on any atom is 0.225 e. The molecule has 0 aliphatic heterocycles. The van der Waals surface area contributed by atoms with E-state index in [1.54, 1.807) is 26.5 Å². The van der Waals surface area contributed by atoms with Gasteiger partial charge in [-0.25, -0.2) is 4.99 Å². The van der Waals surface area contributed by atoms with Gasteiger partial charge in [-0.2, -0.15) is 0 Å². The van der Waals surface area contributed by atoms with Crippen molar-refractivity contribution in [2.75, 3.05) is 14.2 Å². The third-order valence-corrected chi connectivity index (χ3v) is 4.29. The van der Waals surface area contributed by atoms with Crippen molar-refractivity contribution < 1.29 is 18.9 Å². The molecular weight excluding hydrogens is 378 g/mol.